The van der Waals surface area contributed by atoms with E-state index in [2.05, 4.69) is 63.2 Å². The zero-order chi connectivity index (χ0) is 96.7. The summed E-state index contributed by atoms with van der Waals surface area (Å²) in [4.78, 5) is 173. The third-order valence-corrected chi connectivity index (χ3v) is 22.8. The summed E-state index contributed by atoms with van der Waals surface area (Å²) < 4.78 is 142. The predicted molar refractivity (Wildman–Crippen MR) is 453 cm³/mol. The number of carboxylic acids is 3. The normalized spacial score (nSPS) is 18.6. The number of carbonyl (C=O) groups is 12. The minimum absolute atomic E-state index is 0.0250. The second-order valence-electron chi connectivity index (χ2n) is 30.6. The maximum Gasteiger partial charge on any atom is 0.514 e. The molecule has 0 aliphatic carbocycles. The van der Waals surface area contributed by atoms with E-state index in [4.69, 9.17) is 84.0 Å². The number of ether oxygens (including phenoxy) is 8. The van der Waals surface area contributed by atoms with Crippen LogP contribution in [0.4, 0.5) is 59.6 Å². The molecule has 4 aromatic rings. The fraction of sp³-hybridized carbons (Fsp3) is 0.575. The summed E-state index contributed by atoms with van der Waals surface area (Å²) in [5.41, 5.74) is 12.1. The summed E-state index contributed by atoms with van der Waals surface area (Å²) in [6.07, 6.45) is -9.65. The van der Waals surface area contributed by atoms with Crippen molar-refractivity contribution in [3.05, 3.63) is 86.2 Å². The van der Waals surface area contributed by atoms with Gasteiger partial charge in [0.15, 0.2) is 11.9 Å². The number of nitrogens with two attached hydrogens (primary N) is 2. The van der Waals surface area contributed by atoms with E-state index in [-0.39, 0.29) is 156 Å². The van der Waals surface area contributed by atoms with Gasteiger partial charge in [0.05, 0.1) is 106 Å². The number of aryl methyl sites for hydroxylation is 1. The van der Waals surface area contributed by atoms with Crippen LogP contribution in [0.25, 0.3) is 22.3 Å². The Kier molecular flexibility index (Phi) is 40.2. The highest BCUT2D eigenvalue weighted by Crippen LogP contribution is 2.44. The summed E-state index contributed by atoms with van der Waals surface area (Å²) in [6, 6.07) is 9.17. The average molecular weight is 1910 g/mol. The number of halogens is 9. The number of guanidine groups is 2. The Bertz CT molecular complexity index is 4690. The fourth-order valence-electron chi connectivity index (χ4n) is 13.7. The average Bonchev–Trinajstić information content (AvgIpc) is 1.61. The molecule has 0 bridgehead atoms. The van der Waals surface area contributed by atoms with Gasteiger partial charge in [0.25, 0.3) is 17.4 Å². The molecule has 8 atom stereocenters. The number of thioether (sulfide) groups is 2. The van der Waals surface area contributed by atoms with E-state index in [0.717, 1.165) is 61.2 Å². The van der Waals surface area contributed by atoms with Crippen LogP contribution in [-0.2, 0) is 91.9 Å². The molecule has 8 amide bonds. The van der Waals surface area contributed by atoms with Gasteiger partial charge >= 0.3 is 66.6 Å². The van der Waals surface area contributed by atoms with Gasteiger partial charge in [0.1, 0.15) is 24.0 Å². The lowest BCUT2D eigenvalue weighted by atomic mass is 9.85. The topological polar surface area (TPSA) is 571 Å². The minimum Gasteiger partial charge on any atom is -0.475 e. The maximum atomic E-state index is 14.4. The lowest BCUT2D eigenvalue weighted by molar-refractivity contribution is -0.193. The molecule has 6 aliphatic heterocycles. The van der Waals surface area contributed by atoms with Crippen molar-refractivity contribution in [2.45, 2.75) is 189 Å². The standard InChI is InChI=1S/C74H102N16O18S2.3C2HF3O2/c1-7-47-48-36-46(106-72(100)108-73(4,5)6)17-18-52(48)85-60-49(47)38-90-55(60)37-51-50(65(90)95)39-105-67(97)74(51,8-2)107-66(96)42(3)83-70(98)81-23-29-103-31-32-104-30-24-82-71(99)84-45-34-43(63(93)79-21-27-101-25-19-77-58(91)15-11-9-13-56-61-53(40-109-56)86-68(75)88-61)33-44(35-45)64(94)80-22-28-102-26-20-78-59(92)16-12-10-14-57-62-54(41-110-57)87-69(76)89-62;3*3-2(4,5)1(6)7/h17-18,33-37,42,53-54,56-57,61-62H,7-16,19-32,38-41H2,1-6H3,(H,77,91)(H,78,92)(H,79,93)(H,80,94)(H3,75,86,88)(H3,76,87,89)(H2,81,83,98)(H2,82,84,99);3*(H,6,7)/t42-,53-,54-,56-,57-,61-,62-,74-;;;/m0.../s1. The largest absolute Gasteiger partial charge is 0.514 e. The number of nitrogens with one attached hydrogen (secondary N) is 10. The lowest BCUT2D eigenvalue weighted by Crippen LogP contribution is -2.51. The highest BCUT2D eigenvalue weighted by Gasteiger charge is 2.52. The van der Waals surface area contributed by atoms with Gasteiger partial charge in [-0.1, -0.05) is 26.7 Å². The Morgan fingerprint density at radius 1 is 0.611 bits per heavy atom. The highest BCUT2D eigenvalue weighted by atomic mass is 32.2. The number of aliphatic imine (C=N–C) groups is 2. The summed E-state index contributed by atoms with van der Waals surface area (Å²) in [5, 5.41) is 51.1. The van der Waals surface area contributed by atoms with Gasteiger partial charge in [-0.15, -0.1) is 0 Å². The van der Waals surface area contributed by atoms with E-state index >= 15 is 0 Å². The van der Waals surface area contributed by atoms with E-state index in [1.165, 1.54) is 25.1 Å². The number of nitrogens with zero attached hydrogens (tertiary/aromatic N) is 4. The molecule has 10 rings (SSSR count). The van der Waals surface area contributed by atoms with Crippen molar-refractivity contribution in [1.29, 1.82) is 0 Å². The first-order valence-electron chi connectivity index (χ1n) is 41.3. The second-order valence-corrected chi connectivity index (χ2v) is 33.2. The van der Waals surface area contributed by atoms with Gasteiger partial charge < -0.3 is 122 Å². The van der Waals surface area contributed by atoms with Crippen molar-refractivity contribution < 1.29 is 150 Å². The van der Waals surface area contributed by atoms with E-state index in [0.29, 0.717) is 89.1 Å². The number of unbranched alkanes of at least 4 members (excludes halogenated alkanes) is 2. The van der Waals surface area contributed by atoms with Gasteiger partial charge in [0.2, 0.25) is 17.4 Å². The molecule has 0 unspecified atom stereocenters. The van der Waals surface area contributed by atoms with Gasteiger partial charge in [-0.2, -0.15) is 63.0 Å². The number of hydrogen-bond acceptors (Lipinski definition) is 30. The van der Waals surface area contributed by atoms with Crippen molar-refractivity contribution >= 4 is 124 Å². The van der Waals surface area contributed by atoms with E-state index in [1.807, 2.05) is 30.4 Å². The third kappa shape index (κ3) is 33.0. The van der Waals surface area contributed by atoms with Crippen molar-refractivity contribution in [2.75, 3.05) is 109 Å². The molecule has 2 fully saturated rings. The zero-order valence-corrected chi connectivity index (χ0v) is 73.6. The monoisotopic (exact) mass is 1910 g/mol. The molecule has 724 valence electrons. The quantitative estimate of drug-likeness (QED) is 0.00774. The van der Waals surface area contributed by atoms with E-state index in [9.17, 15) is 87.5 Å². The Balaban J connectivity index is 0.000000995. The number of aliphatic carboxylic acids is 3. The lowest BCUT2D eigenvalue weighted by Gasteiger charge is -2.36. The Morgan fingerprint density at radius 3 is 1.53 bits per heavy atom. The van der Waals surface area contributed by atoms with Crippen molar-refractivity contribution in [3.63, 3.8) is 0 Å². The number of pyridine rings is 2. The minimum atomic E-state index is -5.08. The first kappa shape index (κ1) is 106. The Morgan fingerprint density at radius 2 is 1.07 bits per heavy atom. The third-order valence-electron chi connectivity index (χ3n) is 19.8. The van der Waals surface area contributed by atoms with E-state index in [1.54, 1.807) is 56.5 Å². The number of alkyl halides is 9. The number of cyclic esters (lactones) is 1. The molecule has 17 N–H and O–H groups in total. The number of hydrogen-bond donors (Lipinski definition) is 15. The summed E-state index contributed by atoms with van der Waals surface area (Å²) in [5.74, 6) is -8.15. The number of urea groups is 2. The van der Waals surface area contributed by atoms with Crippen LogP contribution in [0.15, 0.2) is 57.2 Å². The van der Waals surface area contributed by atoms with Crippen LogP contribution >= 0.6 is 23.5 Å². The van der Waals surface area contributed by atoms with Crippen LogP contribution in [-0.4, -0.2) is 277 Å². The predicted octanol–water partition coefficient (Wildman–Crippen LogP) is 5.34. The van der Waals surface area contributed by atoms with Crippen LogP contribution in [0.2, 0.25) is 0 Å². The molecule has 0 spiro atoms. The Labute approximate surface area is 751 Å². The molecule has 8 heterocycles. The first-order chi connectivity index (χ1) is 61.7. The van der Waals surface area contributed by atoms with Crippen molar-refractivity contribution in [3.8, 4) is 17.1 Å². The molecule has 131 heavy (non-hydrogen) atoms. The maximum absolute atomic E-state index is 14.4. The van der Waals surface area contributed by atoms with Crippen LogP contribution in [0.1, 0.15) is 142 Å². The molecule has 6 aliphatic rings. The first-order valence-corrected chi connectivity index (χ1v) is 43.4. The van der Waals surface area contributed by atoms with Crippen molar-refractivity contribution in [1.82, 2.24) is 57.4 Å². The number of fused-ring (bicyclic) bond motifs is 7. The fourth-order valence-corrected chi connectivity index (χ4v) is 16.8. The number of amides is 8. The number of aromatic nitrogens is 2. The van der Waals surface area contributed by atoms with Crippen LogP contribution in [0.5, 0.6) is 5.75 Å². The van der Waals surface area contributed by atoms with Crippen molar-refractivity contribution in [2.24, 2.45) is 21.5 Å². The number of anilines is 1. The molecule has 0 saturated carbocycles. The molecule has 2 aromatic carbocycles. The van der Waals surface area contributed by atoms with Gasteiger partial charge in [0, 0.05) is 107 Å². The van der Waals surface area contributed by atoms with Gasteiger partial charge in [-0.05, 0) is 114 Å². The molecular formula is C80H105F9N16O24S2. The van der Waals surface area contributed by atoms with Crippen LogP contribution < -0.4 is 74.9 Å². The number of rotatable bonds is 40. The van der Waals surface area contributed by atoms with Gasteiger partial charge in [-0.3, -0.25) is 24.0 Å². The summed E-state index contributed by atoms with van der Waals surface area (Å²) in [6.45, 7) is 11.9. The molecular weight excluding hydrogens is 1800 g/mol. The summed E-state index contributed by atoms with van der Waals surface area (Å²) in [7, 11) is 0. The van der Waals surface area contributed by atoms with Crippen LogP contribution in [0.3, 0.4) is 0 Å². The second kappa shape index (κ2) is 49.5. The molecule has 0 radical (unpaired) electrons. The Hall–Kier alpha value is -11.7. The van der Waals surface area contributed by atoms with Crippen LogP contribution in [0, 0.1) is 0 Å². The number of esters is 2. The molecule has 51 heteroatoms. The smallest absolute Gasteiger partial charge is 0.475 e. The summed E-state index contributed by atoms with van der Waals surface area (Å²) >= 11 is 3.78. The molecule has 2 aromatic heterocycles. The zero-order valence-electron chi connectivity index (χ0n) is 72.0. The number of carbonyl (C=O) groups excluding carboxylic acids is 9. The molecule has 2 saturated heterocycles. The van der Waals surface area contributed by atoms with E-state index < -0.39 is 101 Å². The number of benzene rings is 2. The SMILES string of the molecule is CCc1c2c(nc3ccc(OC(=O)OC(C)(C)C)cc13)-c1cc3c(c(=O)n1C2)COC(=O)[C@@]3(CC)OC(=O)[C@H](C)NC(=O)NCCOCCOCCNC(=O)Nc1cc(C(=O)NCCOCCNC(=O)CCCC[C@@H]2SC[C@@H]3NC(N)=N[C@@H]32)cc(C(=O)NCCOCCNC(=O)CCCC[C@@H]2SC[C@@H]3NC(N)=N[C@@H]32)c1.O=C(O)C(F)(F)F.O=C(O)C(F)(F)F.O=C(O)C(F)(F)F. The van der Waals surface area contributed by atoms with Gasteiger partial charge in [-0.25, -0.2) is 53.3 Å². The molecule has 40 nitrogen and oxygen atoms in total. The highest BCUT2D eigenvalue weighted by molar-refractivity contribution is 8.00. The number of carboxylic acid groups (broad SMARTS) is 3.